The van der Waals surface area contributed by atoms with E-state index in [-0.39, 0.29) is 5.56 Å². The summed E-state index contributed by atoms with van der Waals surface area (Å²) in [4.78, 5) is 17.3. The van der Waals surface area contributed by atoms with E-state index in [1.54, 1.807) is 10.7 Å². The topological polar surface area (TPSA) is 50.6 Å². The summed E-state index contributed by atoms with van der Waals surface area (Å²) in [6.07, 6.45) is 5.17. The van der Waals surface area contributed by atoms with Gasteiger partial charge in [-0.15, -0.1) is 0 Å². The molecule has 0 spiro atoms. The molecule has 6 nitrogen and oxygen atoms in total. The van der Waals surface area contributed by atoms with Crippen LogP contribution in [-0.2, 0) is 23.5 Å². The van der Waals surface area contributed by atoms with Crippen molar-refractivity contribution in [3.63, 3.8) is 0 Å². The van der Waals surface area contributed by atoms with E-state index in [9.17, 15) is 4.79 Å². The Bertz CT molecular complexity index is 651. The van der Waals surface area contributed by atoms with Crippen LogP contribution < -0.4 is 5.56 Å². The van der Waals surface area contributed by atoms with Crippen molar-refractivity contribution in [1.29, 1.82) is 0 Å². The zero-order valence-electron chi connectivity index (χ0n) is 15.6. The van der Waals surface area contributed by atoms with Crippen molar-refractivity contribution >= 4 is 11.8 Å². The molecule has 4 rings (SSSR count). The Balaban J connectivity index is 1.24. The second-order valence-electron chi connectivity index (χ2n) is 7.61. The van der Waals surface area contributed by atoms with E-state index in [0.29, 0.717) is 12.6 Å². The molecule has 3 aliphatic rings. The van der Waals surface area contributed by atoms with Crippen molar-refractivity contribution in [2.45, 2.75) is 44.1 Å². The maximum atomic E-state index is 12.3. The molecule has 0 bridgehead atoms. The fraction of sp³-hybridized carbons (Fsp3) is 0.789. The van der Waals surface area contributed by atoms with Crippen molar-refractivity contribution in [1.82, 2.24) is 19.6 Å². The molecule has 7 heteroatoms. The molecule has 0 aliphatic carbocycles. The minimum atomic E-state index is 0.0549. The van der Waals surface area contributed by atoms with Crippen LogP contribution in [0.2, 0.25) is 0 Å². The lowest BCUT2D eigenvalue weighted by Crippen LogP contribution is -2.50. The van der Waals surface area contributed by atoms with Crippen LogP contribution in [-0.4, -0.2) is 77.3 Å². The van der Waals surface area contributed by atoms with Crippen molar-refractivity contribution in [2.75, 3.05) is 51.6 Å². The average Bonchev–Trinajstić information content (AvgIpc) is 2.68. The number of hydrogen-bond acceptors (Lipinski definition) is 6. The Morgan fingerprint density at radius 2 is 2.00 bits per heavy atom. The highest BCUT2D eigenvalue weighted by Crippen LogP contribution is 2.21. The third-order valence-electron chi connectivity index (χ3n) is 5.73. The molecule has 0 aromatic carbocycles. The van der Waals surface area contributed by atoms with Crippen LogP contribution in [0.3, 0.4) is 0 Å². The first kappa shape index (κ1) is 18.5. The predicted octanol–water partition coefficient (Wildman–Crippen LogP) is 1.22. The number of rotatable bonds is 5. The summed E-state index contributed by atoms with van der Waals surface area (Å²) in [5.74, 6) is 2.05. The van der Waals surface area contributed by atoms with Crippen LogP contribution >= 0.6 is 11.8 Å². The zero-order chi connectivity index (χ0) is 17.8. The van der Waals surface area contributed by atoms with Crippen molar-refractivity contribution < 1.29 is 4.74 Å². The van der Waals surface area contributed by atoms with Gasteiger partial charge in [0.1, 0.15) is 0 Å². The Morgan fingerprint density at radius 1 is 1.15 bits per heavy atom. The third kappa shape index (κ3) is 4.68. The summed E-state index contributed by atoms with van der Waals surface area (Å²) < 4.78 is 7.55. The van der Waals surface area contributed by atoms with E-state index < -0.39 is 0 Å². The molecule has 1 aromatic heterocycles. The SMILES string of the molecule is O=c1cc2c(nn1CCN1CCN(CC3CCCCO3)CC1)CCSC2. The molecule has 4 heterocycles. The molecule has 0 amide bonds. The maximum Gasteiger partial charge on any atom is 0.267 e. The normalized spacial score (nSPS) is 25.2. The number of piperazine rings is 1. The van der Waals surface area contributed by atoms with E-state index >= 15 is 0 Å². The number of hydrogen-bond donors (Lipinski definition) is 0. The molecule has 2 fully saturated rings. The molecule has 26 heavy (non-hydrogen) atoms. The molecule has 0 radical (unpaired) electrons. The van der Waals surface area contributed by atoms with Crippen LogP contribution in [0, 0.1) is 0 Å². The first-order valence-electron chi connectivity index (χ1n) is 10.0. The summed E-state index contributed by atoms with van der Waals surface area (Å²) in [6.45, 7) is 7.97. The smallest absolute Gasteiger partial charge is 0.267 e. The molecule has 0 N–H and O–H groups in total. The Labute approximate surface area is 159 Å². The van der Waals surface area contributed by atoms with Gasteiger partial charge in [-0.05, 0) is 30.6 Å². The van der Waals surface area contributed by atoms with E-state index in [1.165, 1.54) is 19.3 Å². The van der Waals surface area contributed by atoms with E-state index in [1.807, 2.05) is 11.8 Å². The van der Waals surface area contributed by atoms with Crippen LogP contribution in [0.4, 0.5) is 0 Å². The van der Waals surface area contributed by atoms with Gasteiger partial charge in [-0.1, -0.05) is 0 Å². The van der Waals surface area contributed by atoms with E-state index in [4.69, 9.17) is 4.74 Å². The first-order chi connectivity index (χ1) is 12.8. The Hall–Kier alpha value is -0.890. The summed E-state index contributed by atoms with van der Waals surface area (Å²) in [6, 6.07) is 1.80. The van der Waals surface area contributed by atoms with Crippen LogP contribution in [0.5, 0.6) is 0 Å². The van der Waals surface area contributed by atoms with Crippen molar-refractivity contribution in [3.8, 4) is 0 Å². The molecule has 144 valence electrons. The molecule has 2 saturated heterocycles. The number of aromatic nitrogens is 2. The van der Waals surface area contributed by atoms with Gasteiger partial charge in [-0.2, -0.15) is 16.9 Å². The minimum absolute atomic E-state index is 0.0549. The number of ether oxygens (including phenoxy) is 1. The highest BCUT2D eigenvalue weighted by Gasteiger charge is 2.22. The van der Waals surface area contributed by atoms with Crippen molar-refractivity contribution in [3.05, 3.63) is 27.7 Å². The molecular formula is C19H30N4O2S. The standard InChI is InChI=1S/C19H30N4O2S/c24-19-13-16-15-26-12-4-18(16)20-23(19)10-9-21-5-7-22(8-6-21)14-17-3-1-2-11-25-17/h13,17H,1-12,14-15H2. The fourth-order valence-corrected chi connectivity index (χ4v) is 5.04. The summed E-state index contributed by atoms with van der Waals surface area (Å²) in [5.41, 5.74) is 2.32. The number of fused-ring (bicyclic) bond motifs is 1. The Morgan fingerprint density at radius 3 is 2.81 bits per heavy atom. The average molecular weight is 379 g/mol. The second-order valence-corrected chi connectivity index (χ2v) is 8.72. The highest BCUT2D eigenvalue weighted by atomic mass is 32.2. The lowest BCUT2D eigenvalue weighted by atomic mass is 10.1. The van der Waals surface area contributed by atoms with Gasteiger partial charge < -0.3 is 4.74 Å². The van der Waals surface area contributed by atoms with Gasteiger partial charge in [0.2, 0.25) is 0 Å². The summed E-state index contributed by atoms with van der Waals surface area (Å²) in [5, 5.41) is 4.63. The molecule has 3 aliphatic heterocycles. The first-order valence-corrected chi connectivity index (χ1v) is 11.2. The number of nitrogens with zero attached hydrogens (tertiary/aromatic N) is 4. The van der Waals surface area contributed by atoms with Gasteiger partial charge in [0.05, 0.1) is 18.3 Å². The lowest BCUT2D eigenvalue weighted by molar-refractivity contribution is -0.0142. The third-order valence-corrected chi connectivity index (χ3v) is 6.74. The lowest BCUT2D eigenvalue weighted by Gasteiger charge is -2.37. The van der Waals surface area contributed by atoms with E-state index in [0.717, 1.165) is 75.1 Å². The highest BCUT2D eigenvalue weighted by molar-refractivity contribution is 7.98. The quantitative estimate of drug-likeness (QED) is 0.768. The van der Waals surface area contributed by atoms with Gasteiger partial charge in [-0.25, -0.2) is 4.68 Å². The maximum absolute atomic E-state index is 12.3. The van der Waals surface area contributed by atoms with Gasteiger partial charge in [0.25, 0.3) is 5.56 Å². The van der Waals surface area contributed by atoms with Crippen LogP contribution in [0.1, 0.15) is 30.5 Å². The minimum Gasteiger partial charge on any atom is -0.377 e. The van der Waals surface area contributed by atoms with E-state index in [2.05, 4.69) is 14.9 Å². The van der Waals surface area contributed by atoms with Gasteiger partial charge in [0.15, 0.2) is 0 Å². The molecular weight excluding hydrogens is 348 g/mol. The largest absolute Gasteiger partial charge is 0.377 e. The van der Waals surface area contributed by atoms with Gasteiger partial charge in [-0.3, -0.25) is 14.6 Å². The number of aryl methyl sites for hydroxylation is 1. The van der Waals surface area contributed by atoms with Crippen LogP contribution in [0.15, 0.2) is 10.9 Å². The fourth-order valence-electron chi connectivity index (χ4n) is 4.08. The number of thioether (sulfide) groups is 1. The summed E-state index contributed by atoms with van der Waals surface area (Å²) in [7, 11) is 0. The van der Waals surface area contributed by atoms with Gasteiger partial charge in [0, 0.05) is 64.1 Å². The van der Waals surface area contributed by atoms with Gasteiger partial charge >= 0.3 is 0 Å². The molecule has 0 saturated carbocycles. The summed E-state index contributed by atoms with van der Waals surface area (Å²) >= 11 is 1.89. The molecule has 1 atom stereocenters. The molecule has 1 aromatic rings. The zero-order valence-corrected chi connectivity index (χ0v) is 16.4. The molecule has 1 unspecified atom stereocenters. The second kappa shape index (κ2) is 8.87. The predicted molar refractivity (Wildman–Crippen MR) is 105 cm³/mol. The monoisotopic (exact) mass is 378 g/mol. The van der Waals surface area contributed by atoms with Crippen LogP contribution in [0.25, 0.3) is 0 Å². The van der Waals surface area contributed by atoms with Crippen molar-refractivity contribution in [2.24, 2.45) is 0 Å². The Kier molecular flexibility index (Phi) is 6.30.